The average molecular weight is 280 g/mol. The largest absolute Gasteiger partial charge is 0.381 e. The highest BCUT2D eigenvalue weighted by atomic mass is 16.5. The molecule has 0 radical (unpaired) electrons. The smallest absolute Gasteiger partial charge is 0.293 e. The molecule has 1 amide bonds. The number of hydrogen-bond acceptors (Lipinski definition) is 5. The molecule has 0 aromatic carbocycles. The van der Waals surface area contributed by atoms with E-state index < -0.39 is 0 Å². The van der Waals surface area contributed by atoms with E-state index in [0.29, 0.717) is 45.4 Å². The van der Waals surface area contributed by atoms with E-state index >= 15 is 0 Å². The van der Waals surface area contributed by atoms with Crippen molar-refractivity contribution in [3.63, 3.8) is 0 Å². The van der Waals surface area contributed by atoms with E-state index in [9.17, 15) is 4.79 Å². The maximum Gasteiger partial charge on any atom is 0.293 e. The van der Waals surface area contributed by atoms with E-state index in [4.69, 9.17) is 9.47 Å². The second-order valence-electron chi connectivity index (χ2n) is 5.64. The number of carbonyl (C=O) groups is 1. The minimum Gasteiger partial charge on any atom is -0.381 e. The summed E-state index contributed by atoms with van der Waals surface area (Å²) in [5.74, 6) is 0.512. The van der Waals surface area contributed by atoms with Crippen LogP contribution >= 0.6 is 0 Å². The Morgan fingerprint density at radius 3 is 3.20 bits per heavy atom. The molecule has 2 aliphatic rings. The predicted molar refractivity (Wildman–Crippen MR) is 70.1 cm³/mol. The summed E-state index contributed by atoms with van der Waals surface area (Å²) in [6.45, 7) is 6.04. The van der Waals surface area contributed by atoms with Crippen LogP contribution in [0.15, 0.2) is 6.33 Å². The lowest BCUT2D eigenvalue weighted by molar-refractivity contribution is 0.0315. The van der Waals surface area contributed by atoms with Crippen LogP contribution < -0.4 is 0 Å². The molecule has 0 saturated carbocycles. The molecule has 0 aliphatic carbocycles. The number of carbonyl (C=O) groups excluding carboxylic acids is 1. The number of hydrogen-bond donors (Lipinski definition) is 0. The summed E-state index contributed by atoms with van der Waals surface area (Å²) in [6.07, 6.45) is 1.54. The van der Waals surface area contributed by atoms with Gasteiger partial charge in [-0.1, -0.05) is 0 Å². The third-order valence-corrected chi connectivity index (χ3v) is 4.19. The van der Waals surface area contributed by atoms with E-state index in [-0.39, 0.29) is 17.1 Å². The van der Waals surface area contributed by atoms with Crippen LogP contribution in [0.5, 0.6) is 0 Å². The van der Waals surface area contributed by atoms with Crippen molar-refractivity contribution in [2.45, 2.75) is 6.92 Å². The predicted octanol–water partition coefficient (Wildman–Crippen LogP) is -0.0598. The Kier molecular flexibility index (Phi) is 3.47. The fourth-order valence-corrected chi connectivity index (χ4v) is 3.07. The number of fused-ring (bicyclic) bond motifs is 1. The summed E-state index contributed by atoms with van der Waals surface area (Å²) in [5, 5.41) is 4.09. The maximum atomic E-state index is 12.4. The first-order valence-electron chi connectivity index (χ1n) is 6.95. The number of nitrogens with zero attached hydrogens (tertiary/aromatic N) is 4. The van der Waals surface area contributed by atoms with Crippen molar-refractivity contribution in [1.29, 1.82) is 0 Å². The molecule has 1 aromatic heterocycles. The van der Waals surface area contributed by atoms with Gasteiger partial charge in [0.25, 0.3) is 5.91 Å². The molecule has 7 nitrogen and oxygen atoms in total. The van der Waals surface area contributed by atoms with Crippen LogP contribution in [-0.2, 0) is 16.5 Å². The number of rotatable bonds is 4. The molecular weight excluding hydrogens is 260 g/mol. The molecule has 2 fully saturated rings. The Bertz CT molecular complexity index is 504. The maximum absolute atomic E-state index is 12.4. The van der Waals surface area contributed by atoms with Gasteiger partial charge in [0.1, 0.15) is 6.33 Å². The second kappa shape index (κ2) is 5.14. The number of likely N-dealkylation sites (tertiary alicyclic amines) is 1. The minimum atomic E-state index is -0.101. The Morgan fingerprint density at radius 2 is 2.50 bits per heavy atom. The first-order chi connectivity index (χ1) is 9.64. The molecule has 0 N–H and O–H groups in total. The highest BCUT2D eigenvalue weighted by molar-refractivity contribution is 5.90. The summed E-state index contributed by atoms with van der Waals surface area (Å²) < 4.78 is 12.7. The lowest BCUT2D eigenvalue weighted by atomic mass is 9.82. The molecule has 2 atom stereocenters. The van der Waals surface area contributed by atoms with Crippen molar-refractivity contribution in [1.82, 2.24) is 19.7 Å². The van der Waals surface area contributed by atoms with Crippen molar-refractivity contribution >= 4 is 5.91 Å². The van der Waals surface area contributed by atoms with Crippen molar-refractivity contribution in [3.05, 3.63) is 12.2 Å². The molecule has 2 aliphatic heterocycles. The van der Waals surface area contributed by atoms with Gasteiger partial charge in [-0.3, -0.25) is 9.48 Å². The third-order valence-electron chi connectivity index (χ3n) is 4.19. The van der Waals surface area contributed by atoms with Gasteiger partial charge in [-0.15, -0.1) is 5.10 Å². The highest BCUT2D eigenvalue weighted by Crippen LogP contribution is 2.41. The summed E-state index contributed by atoms with van der Waals surface area (Å²) in [4.78, 5) is 18.3. The van der Waals surface area contributed by atoms with Gasteiger partial charge in [0.2, 0.25) is 5.82 Å². The molecule has 0 spiro atoms. The van der Waals surface area contributed by atoms with Crippen LogP contribution in [0, 0.1) is 11.3 Å². The molecule has 20 heavy (non-hydrogen) atoms. The monoisotopic (exact) mass is 280 g/mol. The third kappa shape index (κ3) is 2.20. The van der Waals surface area contributed by atoms with Crippen LogP contribution in [0.4, 0.5) is 0 Å². The Hall–Kier alpha value is -1.47. The number of ether oxygens (including phenoxy) is 2. The summed E-state index contributed by atoms with van der Waals surface area (Å²) in [6, 6.07) is 0. The lowest BCUT2D eigenvalue weighted by Gasteiger charge is -2.26. The molecule has 0 unspecified atom stereocenters. The normalized spacial score (nSPS) is 28.9. The van der Waals surface area contributed by atoms with Gasteiger partial charge in [-0.2, -0.15) is 0 Å². The average Bonchev–Trinajstić information content (AvgIpc) is 3.09. The summed E-state index contributed by atoms with van der Waals surface area (Å²) in [7, 11) is 1.76. The van der Waals surface area contributed by atoms with Crippen LogP contribution in [-0.4, -0.2) is 65.1 Å². The zero-order valence-corrected chi connectivity index (χ0v) is 11.9. The van der Waals surface area contributed by atoms with Crippen molar-refractivity contribution in [3.8, 4) is 0 Å². The van der Waals surface area contributed by atoms with Gasteiger partial charge in [-0.05, 0) is 6.92 Å². The molecular formula is C13H20N4O3. The van der Waals surface area contributed by atoms with Crippen LogP contribution in [0.25, 0.3) is 0 Å². The molecule has 0 bridgehead atoms. The van der Waals surface area contributed by atoms with Gasteiger partial charge in [0.15, 0.2) is 0 Å². The molecule has 110 valence electrons. The SMILES string of the molecule is CCOC[C@]12COC[C@H]1CN(C(=O)c1ncn(C)n1)C2. The van der Waals surface area contributed by atoms with Gasteiger partial charge in [0.05, 0.1) is 19.8 Å². The summed E-state index contributed by atoms with van der Waals surface area (Å²) in [5.41, 5.74) is -0.0551. The van der Waals surface area contributed by atoms with Crippen molar-refractivity contribution in [2.24, 2.45) is 18.4 Å². The Balaban J connectivity index is 1.73. The first kappa shape index (κ1) is 13.5. The fourth-order valence-electron chi connectivity index (χ4n) is 3.07. The summed E-state index contributed by atoms with van der Waals surface area (Å²) >= 11 is 0. The molecule has 7 heteroatoms. The van der Waals surface area contributed by atoms with Gasteiger partial charge in [0, 0.05) is 38.1 Å². The standard InChI is InChI=1S/C13H20N4O3/c1-3-19-7-13-6-17(4-10(13)5-20-8-13)12(18)11-14-9-16(2)15-11/h9-10H,3-8H2,1-2H3/t10-,13-/m1/s1. The van der Waals surface area contributed by atoms with Crippen molar-refractivity contribution < 1.29 is 14.3 Å². The van der Waals surface area contributed by atoms with E-state index in [0.717, 1.165) is 0 Å². The van der Waals surface area contributed by atoms with E-state index in [2.05, 4.69) is 10.1 Å². The van der Waals surface area contributed by atoms with E-state index in [1.807, 2.05) is 11.8 Å². The molecule has 1 aromatic rings. The Morgan fingerprint density at radius 1 is 1.65 bits per heavy atom. The zero-order chi connectivity index (χ0) is 14.2. The van der Waals surface area contributed by atoms with Crippen LogP contribution in [0.3, 0.4) is 0 Å². The molecule has 2 saturated heterocycles. The zero-order valence-electron chi connectivity index (χ0n) is 11.9. The molecule has 3 heterocycles. The minimum absolute atomic E-state index is 0.0551. The molecule has 3 rings (SSSR count). The quantitative estimate of drug-likeness (QED) is 0.773. The van der Waals surface area contributed by atoms with E-state index in [1.54, 1.807) is 18.1 Å². The number of aromatic nitrogens is 3. The number of amides is 1. The van der Waals surface area contributed by atoms with Gasteiger partial charge < -0.3 is 14.4 Å². The lowest BCUT2D eigenvalue weighted by Crippen LogP contribution is -2.37. The fraction of sp³-hybridized carbons (Fsp3) is 0.769. The van der Waals surface area contributed by atoms with E-state index in [1.165, 1.54) is 0 Å². The highest BCUT2D eigenvalue weighted by Gasteiger charge is 2.52. The first-order valence-corrected chi connectivity index (χ1v) is 6.95. The Labute approximate surface area is 117 Å². The van der Waals surface area contributed by atoms with Gasteiger partial charge in [-0.25, -0.2) is 4.98 Å². The number of aryl methyl sites for hydroxylation is 1. The second-order valence-corrected chi connectivity index (χ2v) is 5.64. The topological polar surface area (TPSA) is 69.5 Å². The van der Waals surface area contributed by atoms with Crippen LogP contribution in [0.1, 0.15) is 17.5 Å². The van der Waals surface area contributed by atoms with Gasteiger partial charge >= 0.3 is 0 Å². The van der Waals surface area contributed by atoms with Crippen LogP contribution in [0.2, 0.25) is 0 Å². The van der Waals surface area contributed by atoms with Crippen molar-refractivity contribution in [2.75, 3.05) is 39.5 Å².